The average Bonchev–Trinajstić information content (AvgIpc) is 2.17. The first kappa shape index (κ1) is 12.7. The number of hydrogen-bond acceptors (Lipinski definition) is 4. The highest BCUT2D eigenvalue weighted by atomic mass is 31.2. The lowest BCUT2D eigenvalue weighted by molar-refractivity contribution is -0.134. The van der Waals surface area contributed by atoms with E-state index in [9.17, 15) is 9.36 Å². The molecule has 0 aliphatic rings. The summed E-state index contributed by atoms with van der Waals surface area (Å²) >= 11 is 0. The van der Waals surface area contributed by atoms with Crippen LogP contribution in [0.4, 0.5) is 0 Å². The summed E-state index contributed by atoms with van der Waals surface area (Å²) in [6, 6.07) is 8.36. The molecule has 0 bridgehead atoms. The summed E-state index contributed by atoms with van der Waals surface area (Å²) in [5.41, 5.74) is 0. The summed E-state index contributed by atoms with van der Waals surface area (Å²) in [5, 5.41) is 8.62. The van der Waals surface area contributed by atoms with E-state index in [0.29, 0.717) is 5.75 Å². The molecule has 6 heteroatoms. The van der Waals surface area contributed by atoms with Crippen molar-refractivity contribution < 1.29 is 23.5 Å². The van der Waals surface area contributed by atoms with Crippen molar-refractivity contribution in [1.82, 2.24) is 0 Å². The molecule has 1 aromatic carbocycles. The zero-order valence-electron chi connectivity index (χ0n) is 8.83. The number of rotatable bonds is 6. The van der Waals surface area contributed by atoms with Gasteiger partial charge in [0.1, 0.15) is 5.75 Å². The van der Waals surface area contributed by atoms with Crippen LogP contribution >= 0.6 is 7.60 Å². The molecular weight excluding hydrogens is 231 g/mol. The smallest absolute Gasteiger partial charge is 0.390 e. The van der Waals surface area contributed by atoms with Gasteiger partial charge < -0.3 is 9.63 Å². The van der Waals surface area contributed by atoms with E-state index in [1.807, 2.05) is 0 Å². The van der Waals surface area contributed by atoms with E-state index in [0.717, 1.165) is 0 Å². The molecule has 1 N–H and O–H groups in total. The molecule has 0 spiro atoms. The fraction of sp³-hybridized carbons (Fsp3) is 0.300. The molecule has 0 saturated carbocycles. The minimum absolute atomic E-state index is 0.136. The van der Waals surface area contributed by atoms with E-state index in [-0.39, 0.29) is 6.61 Å². The van der Waals surface area contributed by atoms with Crippen molar-refractivity contribution in [2.24, 2.45) is 0 Å². The Morgan fingerprint density at radius 1 is 1.38 bits per heavy atom. The second kappa shape index (κ2) is 5.68. The van der Waals surface area contributed by atoms with E-state index in [4.69, 9.17) is 14.2 Å². The summed E-state index contributed by atoms with van der Waals surface area (Å²) in [6.45, 7) is 1.76. The third kappa shape index (κ3) is 4.04. The van der Waals surface area contributed by atoms with Crippen LogP contribution in [0.5, 0.6) is 5.75 Å². The van der Waals surface area contributed by atoms with Gasteiger partial charge in [-0.15, -0.1) is 0 Å². The van der Waals surface area contributed by atoms with Crippen LogP contribution in [0.1, 0.15) is 6.92 Å². The number of carboxylic acids is 1. The average molecular weight is 244 g/mol. The number of aliphatic carboxylic acids is 1. The van der Waals surface area contributed by atoms with Gasteiger partial charge in [-0.25, -0.2) is 4.57 Å². The second-order valence-electron chi connectivity index (χ2n) is 2.98. The first-order chi connectivity index (χ1) is 7.56. The van der Waals surface area contributed by atoms with Crippen molar-refractivity contribution >= 4 is 13.6 Å². The lowest BCUT2D eigenvalue weighted by Crippen LogP contribution is -2.10. The Kier molecular flexibility index (Phi) is 4.52. The number of para-hydroxylation sites is 1. The molecule has 0 saturated heterocycles. The van der Waals surface area contributed by atoms with Gasteiger partial charge in [-0.05, 0) is 19.1 Å². The third-order valence-electron chi connectivity index (χ3n) is 1.64. The molecule has 1 atom stereocenters. The minimum atomic E-state index is -3.60. The van der Waals surface area contributed by atoms with Crippen LogP contribution in [0.2, 0.25) is 0 Å². The zero-order chi connectivity index (χ0) is 12.0. The van der Waals surface area contributed by atoms with Crippen molar-refractivity contribution in [2.45, 2.75) is 6.92 Å². The molecule has 1 rings (SSSR count). The molecule has 0 heterocycles. The Labute approximate surface area is 93.5 Å². The number of carboxylic acid groups (broad SMARTS) is 1. The highest BCUT2D eigenvalue weighted by molar-refractivity contribution is 7.55. The van der Waals surface area contributed by atoms with E-state index in [2.05, 4.69) is 0 Å². The predicted molar refractivity (Wildman–Crippen MR) is 58.8 cm³/mol. The van der Waals surface area contributed by atoms with Gasteiger partial charge in [-0.1, -0.05) is 18.2 Å². The molecule has 1 unspecified atom stereocenters. The van der Waals surface area contributed by atoms with Crippen molar-refractivity contribution in [1.29, 1.82) is 0 Å². The lowest BCUT2D eigenvalue weighted by Gasteiger charge is -2.16. The summed E-state index contributed by atoms with van der Waals surface area (Å²) in [5.74, 6) is -0.881. The van der Waals surface area contributed by atoms with Gasteiger partial charge in [0.25, 0.3) is 0 Å². The monoisotopic (exact) mass is 244 g/mol. The number of hydrogen-bond donors (Lipinski definition) is 1. The fourth-order valence-corrected chi connectivity index (χ4v) is 2.48. The van der Waals surface area contributed by atoms with E-state index >= 15 is 0 Å². The van der Waals surface area contributed by atoms with E-state index < -0.39 is 19.7 Å². The summed E-state index contributed by atoms with van der Waals surface area (Å²) in [7, 11) is -3.60. The molecule has 5 nitrogen and oxygen atoms in total. The largest absolute Gasteiger partial charge is 0.481 e. The predicted octanol–water partition coefficient (Wildman–Crippen LogP) is 2.38. The summed E-state index contributed by atoms with van der Waals surface area (Å²) < 4.78 is 22.0. The molecule has 0 radical (unpaired) electrons. The Balaban J connectivity index is 2.79. The number of carbonyl (C=O) groups is 1. The Morgan fingerprint density at radius 3 is 2.50 bits per heavy atom. The zero-order valence-corrected chi connectivity index (χ0v) is 9.72. The standard InChI is InChI=1S/C10H13O5P/c1-2-14-16(13,8-10(11)12)15-9-6-4-3-5-7-9/h3-7H,2,8H2,1H3,(H,11,12). The maximum absolute atomic E-state index is 12.0. The van der Waals surface area contributed by atoms with Gasteiger partial charge >= 0.3 is 13.6 Å². The molecule has 0 aliphatic carbocycles. The molecule has 0 fully saturated rings. The van der Waals surface area contributed by atoms with Crippen LogP contribution in [0.3, 0.4) is 0 Å². The third-order valence-corrected chi connectivity index (χ3v) is 3.44. The van der Waals surface area contributed by atoms with Crippen molar-refractivity contribution in [3.8, 4) is 5.75 Å². The van der Waals surface area contributed by atoms with E-state index in [1.165, 1.54) is 0 Å². The van der Waals surface area contributed by atoms with Crippen LogP contribution in [0.15, 0.2) is 30.3 Å². The van der Waals surface area contributed by atoms with Gasteiger partial charge in [0.05, 0.1) is 6.61 Å². The van der Waals surface area contributed by atoms with Crippen molar-refractivity contribution in [3.05, 3.63) is 30.3 Å². The fourth-order valence-electron chi connectivity index (χ4n) is 1.11. The molecular formula is C10H13O5P. The van der Waals surface area contributed by atoms with Gasteiger partial charge in [-0.3, -0.25) is 9.32 Å². The van der Waals surface area contributed by atoms with Crippen LogP contribution in [-0.4, -0.2) is 23.8 Å². The SMILES string of the molecule is CCOP(=O)(CC(=O)O)Oc1ccccc1. The highest BCUT2D eigenvalue weighted by Gasteiger charge is 2.29. The first-order valence-corrected chi connectivity index (χ1v) is 6.48. The first-order valence-electron chi connectivity index (χ1n) is 4.76. The van der Waals surface area contributed by atoms with Gasteiger partial charge in [0.15, 0.2) is 6.16 Å². The molecule has 16 heavy (non-hydrogen) atoms. The van der Waals surface area contributed by atoms with E-state index in [1.54, 1.807) is 37.3 Å². The summed E-state index contributed by atoms with van der Waals surface area (Å²) in [6.07, 6.45) is -0.643. The Morgan fingerprint density at radius 2 is 2.00 bits per heavy atom. The Hall–Kier alpha value is -1.32. The molecule has 0 aliphatic heterocycles. The van der Waals surface area contributed by atoms with Crippen LogP contribution in [0.25, 0.3) is 0 Å². The van der Waals surface area contributed by atoms with Crippen molar-refractivity contribution in [2.75, 3.05) is 12.8 Å². The van der Waals surface area contributed by atoms with Crippen LogP contribution in [-0.2, 0) is 13.9 Å². The maximum atomic E-state index is 12.0. The highest BCUT2D eigenvalue weighted by Crippen LogP contribution is 2.47. The number of benzene rings is 1. The van der Waals surface area contributed by atoms with Crippen LogP contribution in [0, 0.1) is 0 Å². The Bertz CT molecular complexity index is 389. The van der Waals surface area contributed by atoms with Gasteiger partial charge in [0, 0.05) is 0 Å². The molecule has 1 aromatic rings. The van der Waals surface area contributed by atoms with Gasteiger partial charge in [-0.2, -0.15) is 0 Å². The normalized spacial score (nSPS) is 14.1. The lowest BCUT2D eigenvalue weighted by atomic mass is 10.3. The molecule has 0 amide bonds. The summed E-state index contributed by atoms with van der Waals surface area (Å²) in [4.78, 5) is 10.5. The maximum Gasteiger partial charge on any atom is 0.390 e. The molecule has 88 valence electrons. The van der Waals surface area contributed by atoms with Crippen LogP contribution < -0.4 is 4.52 Å². The quantitative estimate of drug-likeness (QED) is 0.777. The topological polar surface area (TPSA) is 72.8 Å². The minimum Gasteiger partial charge on any atom is -0.481 e. The molecule has 0 aromatic heterocycles. The van der Waals surface area contributed by atoms with Crippen molar-refractivity contribution in [3.63, 3.8) is 0 Å². The second-order valence-corrected chi connectivity index (χ2v) is 4.96. The van der Waals surface area contributed by atoms with Gasteiger partial charge in [0.2, 0.25) is 0 Å².